The first-order chi connectivity index (χ1) is 15.5. The van der Waals surface area contributed by atoms with Gasteiger partial charge in [-0.15, -0.1) is 5.10 Å². The highest BCUT2D eigenvalue weighted by atomic mass is 16.3. The van der Waals surface area contributed by atoms with Gasteiger partial charge in [0.05, 0.1) is 11.4 Å². The number of aromatic nitrogens is 3. The summed E-state index contributed by atoms with van der Waals surface area (Å²) in [5.41, 5.74) is 3.47. The van der Waals surface area contributed by atoms with Crippen molar-refractivity contribution in [1.29, 1.82) is 0 Å². The lowest BCUT2D eigenvalue weighted by Gasteiger charge is -2.18. The molecule has 0 spiro atoms. The molecule has 1 heterocycles. The Hall–Kier alpha value is -3.52. The first kappa shape index (κ1) is 21.7. The molecular formula is C24H27N6O2-. The summed E-state index contributed by atoms with van der Waals surface area (Å²) in [6.45, 7) is 3.48. The number of aliphatic imine (C=N–C) groups is 1. The molecule has 32 heavy (non-hydrogen) atoms. The van der Waals surface area contributed by atoms with E-state index in [0.29, 0.717) is 30.0 Å². The van der Waals surface area contributed by atoms with Gasteiger partial charge in [0.25, 0.3) is 5.91 Å². The maximum atomic E-state index is 12.8. The van der Waals surface area contributed by atoms with E-state index in [1.54, 1.807) is 28.9 Å². The van der Waals surface area contributed by atoms with Gasteiger partial charge in [-0.1, -0.05) is 47.7 Å². The second-order valence-electron chi connectivity index (χ2n) is 8.03. The summed E-state index contributed by atoms with van der Waals surface area (Å²) in [5, 5.41) is 23.5. The second kappa shape index (κ2) is 9.74. The van der Waals surface area contributed by atoms with Gasteiger partial charge in [-0.05, 0) is 56.0 Å². The Balaban J connectivity index is 1.62. The van der Waals surface area contributed by atoms with Crippen molar-refractivity contribution in [2.24, 2.45) is 4.99 Å². The number of nitrogens with one attached hydrogen (secondary N) is 1. The highest BCUT2D eigenvalue weighted by Crippen LogP contribution is 2.21. The molecule has 0 radical (unpaired) electrons. The van der Waals surface area contributed by atoms with E-state index in [2.05, 4.69) is 37.7 Å². The van der Waals surface area contributed by atoms with Crippen molar-refractivity contribution in [3.8, 4) is 5.69 Å². The largest absolute Gasteiger partial charge is 0.858 e. The number of benzene rings is 2. The van der Waals surface area contributed by atoms with Gasteiger partial charge in [-0.25, -0.2) is 4.68 Å². The number of carbonyl (C=O) groups is 1. The normalized spacial score (nSPS) is 14.0. The number of amides is 1. The van der Waals surface area contributed by atoms with Crippen LogP contribution in [-0.2, 0) is 13.1 Å². The predicted molar refractivity (Wildman–Crippen MR) is 121 cm³/mol. The summed E-state index contributed by atoms with van der Waals surface area (Å²) in [7, 11) is 2.00. The van der Waals surface area contributed by atoms with Crippen LogP contribution in [0, 0.1) is 0 Å². The zero-order valence-electron chi connectivity index (χ0n) is 18.4. The van der Waals surface area contributed by atoms with Crippen LogP contribution in [0.25, 0.3) is 5.69 Å². The topological polar surface area (TPSA) is 98.5 Å². The molecule has 3 aromatic rings. The molecule has 4 rings (SSSR count). The highest BCUT2D eigenvalue weighted by molar-refractivity contribution is 5.94. The zero-order chi connectivity index (χ0) is 22.5. The molecule has 0 saturated heterocycles. The molecule has 1 aliphatic rings. The number of rotatable bonds is 9. The standard InChI is InChI=1S/C24H28N6O2/c1-3-25-23(31)18-9-13-20(14-10-18)30-21(16-29(2)15-17-7-5-4-6-8-17)22(27-28-30)24(32)26-19-11-12-19/h4-10,13-14,19H,3,11-12,15-16H2,1-2H3,(H,25,31)(H,26,32)/p-1. The Kier molecular flexibility index (Phi) is 6.61. The monoisotopic (exact) mass is 431 g/mol. The van der Waals surface area contributed by atoms with Crippen molar-refractivity contribution in [2.45, 2.75) is 38.9 Å². The van der Waals surface area contributed by atoms with Gasteiger partial charge in [0, 0.05) is 25.7 Å². The van der Waals surface area contributed by atoms with Crippen LogP contribution in [0.5, 0.6) is 0 Å². The summed E-state index contributed by atoms with van der Waals surface area (Å²) >= 11 is 0. The molecule has 1 fully saturated rings. The van der Waals surface area contributed by atoms with E-state index < -0.39 is 0 Å². The van der Waals surface area contributed by atoms with Crippen LogP contribution < -0.4 is 10.4 Å². The average molecular weight is 432 g/mol. The molecule has 1 aromatic heterocycles. The Labute approximate surface area is 187 Å². The van der Waals surface area contributed by atoms with Crippen LogP contribution in [0.2, 0.25) is 0 Å². The zero-order valence-corrected chi connectivity index (χ0v) is 18.4. The van der Waals surface area contributed by atoms with Crippen molar-refractivity contribution < 1.29 is 9.90 Å². The molecule has 8 nitrogen and oxygen atoms in total. The summed E-state index contributed by atoms with van der Waals surface area (Å²) in [4.78, 5) is 18.9. The molecule has 1 N–H and O–H groups in total. The van der Waals surface area contributed by atoms with Crippen molar-refractivity contribution in [1.82, 2.24) is 25.2 Å². The SMILES string of the molecule is CCN=C([O-])c1ccc(-n2nnc(C(=O)NC3CC3)c2CN(C)Cc2ccccc2)cc1. The molecule has 8 heteroatoms. The van der Waals surface area contributed by atoms with Crippen LogP contribution in [-0.4, -0.2) is 51.3 Å². The molecule has 0 aliphatic heterocycles. The number of hydrogen-bond acceptors (Lipinski definition) is 6. The third kappa shape index (κ3) is 5.20. The average Bonchev–Trinajstić information content (AvgIpc) is 3.51. The number of carbonyl (C=O) groups excluding carboxylic acids is 1. The summed E-state index contributed by atoms with van der Waals surface area (Å²) in [5.74, 6) is -0.444. The third-order valence-corrected chi connectivity index (χ3v) is 5.27. The van der Waals surface area contributed by atoms with E-state index in [1.807, 2.05) is 32.2 Å². The number of hydrogen-bond donors (Lipinski definition) is 1. The van der Waals surface area contributed by atoms with Gasteiger partial charge >= 0.3 is 0 Å². The molecular weight excluding hydrogens is 404 g/mol. The lowest BCUT2D eigenvalue weighted by atomic mass is 10.2. The summed E-state index contributed by atoms with van der Waals surface area (Å²) in [6.07, 6.45) is 2.00. The smallest absolute Gasteiger partial charge is 0.274 e. The molecule has 1 aliphatic carbocycles. The van der Waals surface area contributed by atoms with Crippen LogP contribution >= 0.6 is 0 Å². The molecule has 1 saturated carbocycles. The van der Waals surface area contributed by atoms with E-state index in [0.717, 1.165) is 25.1 Å². The molecule has 0 bridgehead atoms. The molecule has 0 atom stereocenters. The quantitative estimate of drug-likeness (QED) is 0.412. The number of nitrogens with zero attached hydrogens (tertiary/aromatic N) is 5. The highest BCUT2D eigenvalue weighted by Gasteiger charge is 2.28. The fourth-order valence-electron chi connectivity index (χ4n) is 3.50. The van der Waals surface area contributed by atoms with Crippen LogP contribution in [0.4, 0.5) is 0 Å². The van der Waals surface area contributed by atoms with E-state index >= 15 is 0 Å². The minimum Gasteiger partial charge on any atom is -0.858 e. The lowest BCUT2D eigenvalue weighted by Crippen LogP contribution is -2.28. The van der Waals surface area contributed by atoms with E-state index in [4.69, 9.17) is 0 Å². The third-order valence-electron chi connectivity index (χ3n) is 5.27. The van der Waals surface area contributed by atoms with Gasteiger partial charge < -0.3 is 15.4 Å². The van der Waals surface area contributed by atoms with Gasteiger partial charge in [-0.3, -0.25) is 9.69 Å². The first-order valence-corrected chi connectivity index (χ1v) is 10.9. The molecule has 0 unspecified atom stereocenters. The fraction of sp³-hybridized carbons (Fsp3) is 0.333. The Morgan fingerprint density at radius 3 is 2.53 bits per heavy atom. The summed E-state index contributed by atoms with van der Waals surface area (Å²) < 4.78 is 1.68. The maximum absolute atomic E-state index is 12.8. The van der Waals surface area contributed by atoms with Crippen molar-refractivity contribution in [2.75, 3.05) is 13.6 Å². The van der Waals surface area contributed by atoms with Gasteiger partial charge in [0.1, 0.15) is 0 Å². The predicted octanol–water partition coefficient (Wildman–Crippen LogP) is 1.92. The Morgan fingerprint density at radius 2 is 1.88 bits per heavy atom. The minimum atomic E-state index is -0.245. The van der Waals surface area contributed by atoms with Crippen LogP contribution in [0.1, 0.15) is 47.1 Å². The first-order valence-electron chi connectivity index (χ1n) is 10.9. The van der Waals surface area contributed by atoms with Crippen LogP contribution in [0.3, 0.4) is 0 Å². The van der Waals surface area contributed by atoms with E-state index in [9.17, 15) is 9.90 Å². The fourth-order valence-corrected chi connectivity index (χ4v) is 3.50. The molecule has 2 aromatic carbocycles. The van der Waals surface area contributed by atoms with Crippen molar-refractivity contribution in [3.63, 3.8) is 0 Å². The second-order valence-corrected chi connectivity index (χ2v) is 8.03. The van der Waals surface area contributed by atoms with E-state index in [-0.39, 0.29) is 17.8 Å². The van der Waals surface area contributed by atoms with Crippen molar-refractivity contribution in [3.05, 3.63) is 77.1 Å². The van der Waals surface area contributed by atoms with E-state index in [1.165, 1.54) is 5.56 Å². The minimum absolute atomic E-state index is 0.199. The molecule has 1 amide bonds. The summed E-state index contributed by atoms with van der Waals surface area (Å²) in [6, 6.07) is 17.4. The Morgan fingerprint density at radius 1 is 1.16 bits per heavy atom. The van der Waals surface area contributed by atoms with Gasteiger partial charge in [0.2, 0.25) is 0 Å². The lowest BCUT2D eigenvalue weighted by molar-refractivity contribution is -0.213. The van der Waals surface area contributed by atoms with Gasteiger partial charge in [0.15, 0.2) is 5.69 Å². The van der Waals surface area contributed by atoms with Crippen molar-refractivity contribution >= 4 is 11.8 Å². The Bertz CT molecular complexity index is 1090. The molecule has 166 valence electrons. The van der Waals surface area contributed by atoms with Gasteiger partial charge in [-0.2, -0.15) is 0 Å². The maximum Gasteiger partial charge on any atom is 0.274 e. The van der Waals surface area contributed by atoms with Crippen LogP contribution in [0.15, 0.2) is 59.6 Å².